The molecule has 0 radical (unpaired) electrons. The molecule has 4 rings (SSSR count). The number of nitrogens with zero attached hydrogens (tertiary/aromatic N) is 1. The number of hydrogen-bond acceptors (Lipinski definition) is 3. The van der Waals surface area contributed by atoms with Crippen LogP contribution in [0.2, 0.25) is 0 Å². The van der Waals surface area contributed by atoms with Crippen LogP contribution in [-0.2, 0) is 16.4 Å². The summed E-state index contributed by atoms with van der Waals surface area (Å²) in [6.45, 7) is 3.86. The van der Waals surface area contributed by atoms with Gasteiger partial charge in [-0.25, -0.2) is 8.42 Å². The van der Waals surface area contributed by atoms with E-state index in [-0.39, 0.29) is 16.8 Å². The molecule has 0 fully saturated rings. The summed E-state index contributed by atoms with van der Waals surface area (Å²) < 4.78 is 28.0. The van der Waals surface area contributed by atoms with Gasteiger partial charge in [0, 0.05) is 17.3 Å². The fourth-order valence-corrected chi connectivity index (χ4v) is 4.81. The molecule has 1 aliphatic rings. The van der Waals surface area contributed by atoms with Crippen molar-refractivity contribution in [3.8, 4) is 0 Å². The summed E-state index contributed by atoms with van der Waals surface area (Å²) in [4.78, 5) is 15.0. The molecule has 6 heteroatoms. The Kier molecular flexibility index (Phi) is 4.88. The highest BCUT2D eigenvalue weighted by molar-refractivity contribution is 7.92. The summed E-state index contributed by atoms with van der Waals surface area (Å²) in [5.41, 5.74) is 3.90. The number of para-hydroxylation sites is 2. The summed E-state index contributed by atoms with van der Waals surface area (Å²) in [5.74, 6) is -0.127. The SMILES string of the molecule is Cc1ccccc1NS(=O)(=O)c1ccc(C(=O)N2c3ccccc3C[C@H]2C)cc1. The Hall–Kier alpha value is -3.12. The summed E-state index contributed by atoms with van der Waals surface area (Å²) >= 11 is 0. The molecule has 29 heavy (non-hydrogen) atoms. The first-order valence-electron chi connectivity index (χ1n) is 9.47. The van der Waals surface area contributed by atoms with Crippen LogP contribution in [0.25, 0.3) is 0 Å². The lowest BCUT2D eigenvalue weighted by atomic mass is 10.1. The largest absolute Gasteiger partial charge is 0.305 e. The van der Waals surface area contributed by atoms with E-state index in [2.05, 4.69) is 4.72 Å². The Morgan fingerprint density at radius 3 is 2.34 bits per heavy atom. The third kappa shape index (κ3) is 3.63. The number of sulfonamides is 1. The average Bonchev–Trinajstić information content (AvgIpc) is 3.05. The summed E-state index contributed by atoms with van der Waals surface area (Å²) in [7, 11) is -3.73. The topological polar surface area (TPSA) is 66.5 Å². The molecule has 1 atom stereocenters. The van der Waals surface area contributed by atoms with Crippen LogP contribution in [0.4, 0.5) is 11.4 Å². The van der Waals surface area contributed by atoms with E-state index in [0.717, 1.165) is 23.2 Å². The lowest BCUT2D eigenvalue weighted by molar-refractivity contribution is 0.0981. The minimum Gasteiger partial charge on any atom is -0.305 e. The first-order chi connectivity index (χ1) is 13.9. The molecule has 5 nitrogen and oxygen atoms in total. The van der Waals surface area contributed by atoms with Crippen LogP contribution in [0, 0.1) is 6.92 Å². The van der Waals surface area contributed by atoms with Gasteiger partial charge in [0.25, 0.3) is 15.9 Å². The quantitative estimate of drug-likeness (QED) is 0.699. The molecule has 1 N–H and O–H groups in total. The number of rotatable bonds is 4. The first-order valence-corrected chi connectivity index (χ1v) is 10.9. The number of hydrogen-bond donors (Lipinski definition) is 1. The van der Waals surface area contributed by atoms with E-state index >= 15 is 0 Å². The molecule has 3 aromatic rings. The van der Waals surface area contributed by atoms with Crippen molar-refractivity contribution in [2.24, 2.45) is 0 Å². The molecule has 148 valence electrons. The number of benzene rings is 3. The van der Waals surface area contributed by atoms with E-state index in [0.29, 0.717) is 11.3 Å². The van der Waals surface area contributed by atoms with Crippen LogP contribution in [0.15, 0.2) is 77.7 Å². The number of aryl methyl sites for hydroxylation is 1. The van der Waals surface area contributed by atoms with Gasteiger partial charge in [-0.2, -0.15) is 0 Å². The predicted octanol–water partition coefficient (Wildman–Crippen LogP) is 4.39. The van der Waals surface area contributed by atoms with Crippen LogP contribution in [0.1, 0.15) is 28.4 Å². The monoisotopic (exact) mass is 406 g/mol. The van der Waals surface area contributed by atoms with Crippen molar-refractivity contribution in [2.75, 3.05) is 9.62 Å². The zero-order valence-electron chi connectivity index (χ0n) is 16.3. The molecule has 1 amide bonds. The summed E-state index contributed by atoms with van der Waals surface area (Å²) in [6, 6.07) is 21.2. The number of amides is 1. The fraction of sp³-hybridized carbons (Fsp3) is 0.174. The van der Waals surface area contributed by atoms with E-state index in [1.807, 2.05) is 50.2 Å². The van der Waals surface area contributed by atoms with Crippen LogP contribution < -0.4 is 9.62 Å². The molecule has 0 saturated heterocycles. The minimum atomic E-state index is -3.73. The smallest absolute Gasteiger partial charge is 0.261 e. The second-order valence-corrected chi connectivity index (χ2v) is 8.98. The molecule has 1 aliphatic heterocycles. The van der Waals surface area contributed by atoms with E-state index < -0.39 is 10.0 Å². The molecule has 0 aliphatic carbocycles. The Morgan fingerprint density at radius 2 is 1.62 bits per heavy atom. The minimum absolute atomic E-state index is 0.0611. The molecule has 0 unspecified atom stereocenters. The van der Waals surface area contributed by atoms with Gasteiger partial charge < -0.3 is 4.90 Å². The number of anilines is 2. The van der Waals surface area contributed by atoms with Gasteiger partial charge in [-0.3, -0.25) is 9.52 Å². The zero-order valence-corrected chi connectivity index (χ0v) is 17.1. The molecule has 0 bridgehead atoms. The van der Waals surface area contributed by atoms with E-state index in [4.69, 9.17) is 0 Å². The Morgan fingerprint density at radius 1 is 0.966 bits per heavy atom. The lowest BCUT2D eigenvalue weighted by Crippen LogP contribution is -2.35. The standard InChI is InChI=1S/C23H22N2O3S/c1-16-7-3-5-9-21(16)24-29(27,28)20-13-11-18(12-14-20)23(26)25-17(2)15-19-8-4-6-10-22(19)25/h3-14,17,24H,15H2,1-2H3/t17-/m1/s1. The van der Waals surface area contributed by atoms with Crippen molar-refractivity contribution in [3.63, 3.8) is 0 Å². The second kappa shape index (κ2) is 7.37. The number of nitrogens with one attached hydrogen (secondary N) is 1. The van der Waals surface area contributed by atoms with Crippen molar-refractivity contribution >= 4 is 27.3 Å². The highest BCUT2D eigenvalue weighted by atomic mass is 32.2. The lowest BCUT2D eigenvalue weighted by Gasteiger charge is -2.23. The van der Waals surface area contributed by atoms with Gasteiger partial charge in [0.2, 0.25) is 0 Å². The number of carbonyl (C=O) groups is 1. The summed E-state index contributed by atoms with van der Waals surface area (Å²) in [5, 5.41) is 0. The maximum Gasteiger partial charge on any atom is 0.261 e. The van der Waals surface area contributed by atoms with Crippen LogP contribution in [0.5, 0.6) is 0 Å². The fourth-order valence-electron chi connectivity index (χ4n) is 3.68. The number of fused-ring (bicyclic) bond motifs is 1. The molecule has 0 aromatic heterocycles. The molecule has 1 heterocycles. The van der Waals surface area contributed by atoms with Gasteiger partial charge in [-0.1, -0.05) is 36.4 Å². The molecular weight excluding hydrogens is 384 g/mol. The van der Waals surface area contributed by atoms with Crippen molar-refractivity contribution in [1.29, 1.82) is 0 Å². The molecule has 3 aromatic carbocycles. The highest BCUT2D eigenvalue weighted by Gasteiger charge is 2.31. The van der Waals surface area contributed by atoms with Crippen molar-refractivity contribution < 1.29 is 13.2 Å². The maximum atomic E-state index is 13.1. The van der Waals surface area contributed by atoms with Crippen molar-refractivity contribution in [3.05, 3.63) is 89.5 Å². The third-order valence-corrected chi connectivity index (χ3v) is 6.61. The Balaban J connectivity index is 1.58. The summed E-state index contributed by atoms with van der Waals surface area (Å²) in [6.07, 6.45) is 0.814. The van der Waals surface area contributed by atoms with Crippen LogP contribution in [0.3, 0.4) is 0 Å². The second-order valence-electron chi connectivity index (χ2n) is 7.30. The maximum absolute atomic E-state index is 13.1. The van der Waals surface area contributed by atoms with Gasteiger partial charge >= 0.3 is 0 Å². The van der Waals surface area contributed by atoms with Gasteiger partial charge in [0.15, 0.2) is 0 Å². The van der Waals surface area contributed by atoms with E-state index in [9.17, 15) is 13.2 Å². The normalized spacial score (nSPS) is 15.8. The zero-order chi connectivity index (χ0) is 20.6. The molecule has 0 saturated carbocycles. The van der Waals surface area contributed by atoms with Crippen LogP contribution >= 0.6 is 0 Å². The van der Waals surface area contributed by atoms with Crippen molar-refractivity contribution in [1.82, 2.24) is 0 Å². The van der Waals surface area contributed by atoms with Gasteiger partial charge in [-0.15, -0.1) is 0 Å². The van der Waals surface area contributed by atoms with Crippen LogP contribution in [-0.4, -0.2) is 20.4 Å². The third-order valence-electron chi connectivity index (χ3n) is 5.23. The van der Waals surface area contributed by atoms with Gasteiger partial charge in [0.05, 0.1) is 10.6 Å². The highest BCUT2D eigenvalue weighted by Crippen LogP contribution is 2.33. The number of carbonyl (C=O) groups excluding carboxylic acids is 1. The average molecular weight is 407 g/mol. The molecular formula is C23H22N2O3S. The van der Waals surface area contributed by atoms with E-state index in [1.165, 1.54) is 12.1 Å². The first kappa shape index (κ1) is 19.2. The Labute approximate surface area is 171 Å². The van der Waals surface area contributed by atoms with Crippen molar-refractivity contribution in [2.45, 2.75) is 31.2 Å². The predicted molar refractivity (Wildman–Crippen MR) is 115 cm³/mol. The Bertz CT molecular complexity index is 1170. The molecule has 0 spiro atoms. The van der Waals surface area contributed by atoms with Gasteiger partial charge in [0.1, 0.15) is 0 Å². The van der Waals surface area contributed by atoms with Gasteiger partial charge in [-0.05, 0) is 67.8 Å². The van der Waals surface area contributed by atoms with E-state index in [1.54, 1.807) is 29.2 Å².